The normalized spacial score (nSPS) is 12.9. The predicted octanol–water partition coefficient (Wildman–Crippen LogP) is 3.22. The standard InChI is InChI=1S/C13H18FNO2/c1-13(2,3)17-12(16)15-11(9-14)10-7-5-4-6-8-10/h4-8,11H,9H2,1-3H3,(H,15,16). The fourth-order valence-electron chi connectivity index (χ4n) is 1.35. The predicted molar refractivity (Wildman–Crippen MR) is 64.5 cm³/mol. The first-order valence-corrected chi connectivity index (χ1v) is 5.53. The minimum Gasteiger partial charge on any atom is -0.444 e. The zero-order chi connectivity index (χ0) is 12.9. The van der Waals surface area contributed by atoms with Crippen LogP contribution in [0.15, 0.2) is 30.3 Å². The molecule has 1 N–H and O–H groups in total. The minimum atomic E-state index is -0.663. The zero-order valence-electron chi connectivity index (χ0n) is 10.4. The number of benzene rings is 1. The van der Waals surface area contributed by atoms with E-state index in [0.717, 1.165) is 5.56 Å². The van der Waals surface area contributed by atoms with Gasteiger partial charge in [0.05, 0.1) is 6.04 Å². The molecule has 0 radical (unpaired) electrons. The molecule has 1 aromatic carbocycles. The topological polar surface area (TPSA) is 38.3 Å². The van der Waals surface area contributed by atoms with Crippen LogP contribution in [0.1, 0.15) is 32.4 Å². The summed E-state index contributed by atoms with van der Waals surface area (Å²) in [6, 6.07) is 8.31. The number of carbonyl (C=O) groups excluding carboxylic acids is 1. The van der Waals surface area contributed by atoms with Crippen molar-refractivity contribution in [1.82, 2.24) is 5.32 Å². The first-order valence-electron chi connectivity index (χ1n) is 5.53. The molecule has 0 bridgehead atoms. The zero-order valence-corrected chi connectivity index (χ0v) is 10.4. The molecule has 0 saturated heterocycles. The van der Waals surface area contributed by atoms with Gasteiger partial charge in [0.2, 0.25) is 0 Å². The van der Waals surface area contributed by atoms with E-state index < -0.39 is 24.4 Å². The van der Waals surface area contributed by atoms with Gasteiger partial charge in [0, 0.05) is 0 Å². The van der Waals surface area contributed by atoms with Gasteiger partial charge in [0.25, 0.3) is 0 Å². The Bertz CT molecular complexity index is 359. The van der Waals surface area contributed by atoms with E-state index in [1.54, 1.807) is 45.0 Å². The summed E-state index contributed by atoms with van der Waals surface area (Å²) in [5.41, 5.74) is 0.141. The summed E-state index contributed by atoms with van der Waals surface area (Å²) < 4.78 is 17.9. The van der Waals surface area contributed by atoms with Crippen LogP contribution in [0.4, 0.5) is 9.18 Å². The first-order chi connectivity index (χ1) is 7.92. The Labute approximate surface area is 101 Å². The Morgan fingerprint density at radius 2 is 1.94 bits per heavy atom. The van der Waals surface area contributed by atoms with Gasteiger partial charge in [-0.25, -0.2) is 9.18 Å². The van der Waals surface area contributed by atoms with Crippen molar-refractivity contribution in [2.24, 2.45) is 0 Å². The van der Waals surface area contributed by atoms with E-state index in [2.05, 4.69) is 5.32 Å². The van der Waals surface area contributed by atoms with Gasteiger partial charge in [-0.2, -0.15) is 0 Å². The van der Waals surface area contributed by atoms with Gasteiger partial charge >= 0.3 is 6.09 Å². The molecule has 1 rings (SSSR count). The fraction of sp³-hybridized carbons (Fsp3) is 0.462. The number of nitrogens with one attached hydrogen (secondary N) is 1. The van der Waals surface area contributed by atoms with Gasteiger partial charge in [0.1, 0.15) is 12.3 Å². The number of carbonyl (C=O) groups is 1. The Morgan fingerprint density at radius 1 is 1.35 bits per heavy atom. The highest BCUT2D eigenvalue weighted by Gasteiger charge is 2.20. The third-order valence-electron chi connectivity index (χ3n) is 2.05. The van der Waals surface area contributed by atoms with Crippen molar-refractivity contribution in [3.05, 3.63) is 35.9 Å². The number of amides is 1. The van der Waals surface area contributed by atoms with E-state index in [1.165, 1.54) is 0 Å². The van der Waals surface area contributed by atoms with Crippen LogP contribution in [0.25, 0.3) is 0 Å². The molecular weight excluding hydrogens is 221 g/mol. The van der Waals surface area contributed by atoms with Crippen LogP contribution in [0, 0.1) is 0 Å². The van der Waals surface area contributed by atoms with Crippen LogP contribution >= 0.6 is 0 Å². The lowest BCUT2D eigenvalue weighted by molar-refractivity contribution is 0.0495. The molecule has 0 saturated carbocycles. The Kier molecular flexibility index (Phi) is 4.49. The molecule has 0 fully saturated rings. The lowest BCUT2D eigenvalue weighted by atomic mass is 10.1. The van der Waals surface area contributed by atoms with E-state index in [4.69, 9.17) is 4.74 Å². The molecule has 0 heterocycles. The molecule has 0 spiro atoms. The lowest BCUT2D eigenvalue weighted by Crippen LogP contribution is -2.35. The van der Waals surface area contributed by atoms with Crippen LogP contribution in [0.2, 0.25) is 0 Å². The number of rotatable bonds is 3. The summed E-state index contributed by atoms with van der Waals surface area (Å²) in [6.07, 6.45) is -0.607. The van der Waals surface area contributed by atoms with Gasteiger partial charge in [-0.3, -0.25) is 0 Å². The van der Waals surface area contributed by atoms with Crippen molar-refractivity contribution >= 4 is 6.09 Å². The second-order valence-corrected chi connectivity index (χ2v) is 4.76. The van der Waals surface area contributed by atoms with Crippen LogP contribution in [0.5, 0.6) is 0 Å². The Balaban J connectivity index is 2.62. The van der Waals surface area contributed by atoms with Crippen molar-refractivity contribution in [2.45, 2.75) is 32.4 Å². The van der Waals surface area contributed by atoms with Crippen LogP contribution in [-0.4, -0.2) is 18.4 Å². The SMILES string of the molecule is CC(C)(C)OC(=O)NC(CF)c1ccccc1. The second-order valence-electron chi connectivity index (χ2n) is 4.76. The maximum Gasteiger partial charge on any atom is 0.408 e. The minimum absolute atomic E-state index is 0.582. The summed E-state index contributed by atoms with van der Waals surface area (Å²) in [6.45, 7) is 4.63. The molecule has 3 nitrogen and oxygen atoms in total. The third kappa shape index (κ3) is 4.85. The summed E-state index contributed by atoms with van der Waals surface area (Å²) in [7, 11) is 0. The van der Waals surface area contributed by atoms with E-state index >= 15 is 0 Å². The summed E-state index contributed by atoms with van der Waals surface area (Å²) in [5, 5.41) is 2.50. The molecule has 0 aliphatic heterocycles. The van der Waals surface area contributed by atoms with E-state index in [0.29, 0.717) is 0 Å². The molecule has 0 aliphatic carbocycles. The molecule has 1 amide bonds. The number of alkyl halides is 1. The van der Waals surface area contributed by atoms with Gasteiger partial charge in [-0.15, -0.1) is 0 Å². The average molecular weight is 239 g/mol. The first kappa shape index (κ1) is 13.5. The van der Waals surface area contributed by atoms with Crippen LogP contribution in [0.3, 0.4) is 0 Å². The van der Waals surface area contributed by atoms with Gasteiger partial charge in [-0.05, 0) is 26.3 Å². The lowest BCUT2D eigenvalue weighted by Gasteiger charge is -2.22. The highest BCUT2D eigenvalue weighted by atomic mass is 19.1. The summed E-state index contributed by atoms with van der Waals surface area (Å²) in [4.78, 5) is 11.5. The smallest absolute Gasteiger partial charge is 0.408 e. The molecule has 0 aromatic heterocycles. The monoisotopic (exact) mass is 239 g/mol. The fourth-order valence-corrected chi connectivity index (χ4v) is 1.35. The quantitative estimate of drug-likeness (QED) is 0.879. The largest absolute Gasteiger partial charge is 0.444 e. The molecule has 1 atom stereocenters. The van der Waals surface area contributed by atoms with E-state index in [1.807, 2.05) is 6.07 Å². The number of alkyl carbamates (subject to hydrolysis) is 1. The van der Waals surface area contributed by atoms with Crippen molar-refractivity contribution < 1.29 is 13.9 Å². The van der Waals surface area contributed by atoms with Crippen molar-refractivity contribution in [3.63, 3.8) is 0 Å². The number of ether oxygens (including phenoxy) is 1. The van der Waals surface area contributed by atoms with Crippen molar-refractivity contribution in [2.75, 3.05) is 6.67 Å². The number of hydrogen-bond acceptors (Lipinski definition) is 2. The maximum absolute atomic E-state index is 12.9. The van der Waals surface area contributed by atoms with E-state index in [9.17, 15) is 9.18 Å². The van der Waals surface area contributed by atoms with Gasteiger partial charge in [0.15, 0.2) is 0 Å². The molecule has 4 heteroatoms. The molecule has 17 heavy (non-hydrogen) atoms. The second kappa shape index (κ2) is 5.66. The van der Waals surface area contributed by atoms with Crippen molar-refractivity contribution in [3.8, 4) is 0 Å². The van der Waals surface area contributed by atoms with Crippen LogP contribution in [-0.2, 0) is 4.74 Å². The van der Waals surface area contributed by atoms with Crippen LogP contribution < -0.4 is 5.32 Å². The molecule has 94 valence electrons. The highest BCUT2D eigenvalue weighted by molar-refractivity contribution is 5.68. The average Bonchev–Trinajstić information content (AvgIpc) is 2.24. The number of hydrogen-bond donors (Lipinski definition) is 1. The van der Waals surface area contributed by atoms with Gasteiger partial charge in [-0.1, -0.05) is 30.3 Å². The van der Waals surface area contributed by atoms with E-state index in [-0.39, 0.29) is 0 Å². The molecular formula is C13H18FNO2. The maximum atomic E-state index is 12.9. The van der Waals surface area contributed by atoms with Crippen molar-refractivity contribution in [1.29, 1.82) is 0 Å². The number of halogens is 1. The molecule has 1 unspecified atom stereocenters. The molecule has 1 aromatic rings. The third-order valence-corrected chi connectivity index (χ3v) is 2.05. The Hall–Kier alpha value is -1.58. The van der Waals surface area contributed by atoms with Gasteiger partial charge < -0.3 is 10.1 Å². The Morgan fingerprint density at radius 3 is 2.41 bits per heavy atom. The highest BCUT2D eigenvalue weighted by Crippen LogP contribution is 2.14. The summed E-state index contributed by atoms with van der Waals surface area (Å²) in [5.74, 6) is 0. The summed E-state index contributed by atoms with van der Waals surface area (Å²) >= 11 is 0. The molecule has 0 aliphatic rings.